The van der Waals surface area contributed by atoms with E-state index in [0.717, 1.165) is 5.57 Å². The largest absolute Gasteiger partial charge is 0.343 e. The van der Waals surface area contributed by atoms with Gasteiger partial charge in [0.2, 0.25) is 11.8 Å². The standard InChI is InChI=1S/C15H30N4O2/c1-11(9-16)7-8-19(6)14(21)13(15(2,3)4)18-12(20)10-17-5/h7,13,17H,8-10,16H2,1-6H3,(H,18,20)/b11-7+. The first-order valence-corrected chi connectivity index (χ1v) is 7.18. The predicted molar refractivity (Wildman–Crippen MR) is 85.8 cm³/mol. The molecule has 2 amide bonds. The SMILES string of the molecule is CNCC(=O)NC(C(=O)N(C)C/C=C(\C)CN)C(C)(C)C. The lowest BCUT2D eigenvalue weighted by Gasteiger charge is -2.33. The number of hydrogen-bond acceptors (Lipinski definition) is 4. The van der Waals surface area contributed by atoms with Gasteiger partial charge in [0.15, 0.2) is 0 Å². The van der Waals surface area contributed by atoms with Crippen molar-refractivity contribution >= 4 is 11.8 Å². The Morgan fingerprint density at radius 1 is 1.33 bits per heavy atom. The van der Waals surface area contributed by atoms with E-state index in [9.17, 15) is 9.59 Å². The van der Waals surface area contributed by atoms with Crippen LogP contribution in [0.5, 0.6) is 0 Å². The van der Waals surface area contributed by atoms with E-state index in [0.29, 0.717) is 13.1 Å². The van der Waals surface area contributed by atoms with Crippen molar-refractivity contribution in [3.63, 3.8) is 0 Å². The fourth-order valence-electron chi connectivity index (χ4n) is 1.71. The van der Waals surface area contributed by atoms with Crippen LogP contribution in [0, 0.1) is 5.41 Å². The zero-order chi connectivity index (χ0) is 16.6. The number of hydrogen-bond donors (Lipinski definition) is 3. The molecule has 0 aliphatic carbocycles. The first-order valence-electron chi connectivity index (χ1n) is 7.18. The summed E-state index contributed by atoms with van der Waals surface area (Å²) >= 11 is 0. The van der Waals surface area contributed by atoms with Gasteiger partial charge in [0.1, 0.15) is 6.04 Å². The van der Waals surface area contributed by atoms with E-state index in [1.165, 1.54) is 0 Å². The Kier molecular flexibility index (Phi) is 8.21. The van der Waals surface area contributed by atoms with Gasteiger partial charge in [-0.15, -0.1) is 0 Å². The molecule has 21 heavy (non-hydrogen) atoms. The average Bonchev–Trinajstić information content (AvgIpc) is 2.39. The molecule has 1 atom stereocenters. The molecular formula is C15H30N4O2. The lowest BCUT2D eigenvalue weighted by atomic mass is 9.85. The van der Waals surface area contributed by atoms with Gasteiger partial charge in [-0.1, -0.05) is 32.4 Å². The molecule has 0 aromatic rings. The van der Waals surface area contributed by atoms with Gasteiger partial charge in [-0.2, -0.15) is 0 Å². The molecule has 0 saturated carbocycles. The number of likely N-dealkylation sites (N-methyl/N-ethyl adjacent to an activating group) is 2. The molecule has 0 aliphatic rings. The second kappa shape index (κ2) is 8.79. The molecule has 0 aromatic carbocycles. The molecule has 0 rings (SSSR count). The summed E-state index contributed by atoms with van der Waals surface area (Å²) in [6, 6.07) is -0.560. The van der Waals surface area contributed by atoms with Crippen LogP contribution in [0.1, 0.15) is 27.7 Å². The van der Waals surface area contributed by atoms with Gasteiger partial charge in [0, 0.05) is 20.1 Å². The molecule has 0 aromatic heterocycles. The number of amides is 2. The summed E-state index contributed by atoms with van der Waals surface area (Å²) in [5.74, 6) is -0.291. The molecule has 0 heterocycles. The first kappa shape index (κ1) is 19.6. The van der Waals surface area contributed by atoms with Crippen molar-refractivity contribution in [3.8, 4) is 0 Å². The zero-order valence-electron chi connectivity index (χ0n) is 14.1. The van der Waals surface area contributed by atoms with Crippen LogP contribution >= 0.6 is 0 Å². The molecule has 6 heteroatoms. The molecule has 0 spiro atoms. The smallest absolute Gasteiger partial charge is 0.245 e. The summed E-state index contributed by atoms with van der Waals surface area (Å²) in [6.45, 7) is 8.88. The van der Waals surface area contributed by atoms with Crippen molar-refractivity contribution in [1.82, 2.24) is 15.5 Å². The van der Waals surface area contributed by atoms with Crippen LogP contribution in [0.25, 0.3) is 0 Å². The van der Waals surface area contributed by atoms with Crippen LogP contribution < -0.4 is 16.4 Å². The molecule has 0 aliphatic heterocycles. The van der Waals surface area contributed by atoms with Gasteiger partial charge in [-0.05, 0) is 19.4 Å². The van der Waals surface area contributed by atoms with E-state index >= 15 is 0 Å². The Morgan fingerprint density at radius 3 is 2.33 bits per heavy atom. The maximum atomic E-state index is 12.6. The van der Waals surface area contributed by atoms with E-state index in [1.54, 1.807) is 19.0 Å². The Hall–Kier alpha value is -1.40. The highest BCUT2D eigenvalue weighted by atomic mass is 16.2. The van der Waals surface area contributed by atoms with Gasteiger partial charge in [-0.25, -0.2) is 0 Å². The number of carbonyl (C=O) groups is 2. The molecule has 122 valence electrons. The normalized spacial score (nSPS) is 13.8. The first-order chi connectivity index (χ1) is 9.63. The van der Waals surface area contributed by atoms with Gasteiger partial charge in [0.05, 0.1) is 6.54 Å². The lowest BCUT2D eigenvalue weighted by Crippen LogP contribution is -2.55. The van der Waals surface area contributed by atoms with Crippen molar-refractivity contribution in [2.45, 2.75) is 33.7 Å². The molecule has 1 unspecified atom stereocenters. The summed E-state index contributed by atoms with van der Waals surface area (Å²) in [5, 5.41) is 5.58. The fourth-order valence-corrected chi connectivity index (χ4v) is 1.71. The van der Waals surface area contributed by atoms with Gasteiger partial charge >= 0.3 is 0 Å². The number of rotatable bonds is 7. The second-order valence-corrected chi connectivity index (χ2v) is 6.37. The van der Waals surface area contributed by atoms with Crippen molar-refractivity contribution in [1.29, 1.82) is 0 Å². The zero-order valence-corrected chi connectivity index (χ0v) is 14.1. The maximum Gasteiger partial charge on any atom is 0.245 e. The summed E-state index contributed by atoms with van der Waals surface area (Å²) in [7, 11) is 3.42. The summed E-state index contributed by atoms with van der Waals surface area (Å²) in [4.78, 5) is 25.9. The molecule has 0 saturated heterocycles. The Labute approximate surface area is 128 Å². The van der Waals surface area contributed by atoms with Crippen LogP contribution in [-0.4, -0.2) is 56.5 Å². The number of carbonyl (C=O) groups excluding carboxylic acids is 2. The quantitative estimate of drug-likeness (QED) is 0.582. The highest BCUT2D eigenvalue weighted by molar-refractivity contribution is 5.88. The van der Waals surface area contributed by atoms with E-state index in [1.807, 2.05) is 33.8 Å². The van der Waals surface area contributed by atoms with Crippen LogP contribution in [0.15, 0.2) is 11.6 Å². The van der Waals surface area contributed by atoms with Gasteiger partial charge < -0.3 is 21.3 Å². The topological polar surface area (TPSA) is 87.5 Å². The number of nitrogens with zero attached hydrogens (tertiary/aromatic N) is 1. The summed E-state index contributed by atoms with van der Waals surface area (Å²) in [6.07, 6.45) is 1.92. The monoisotopic (exact) mass is 298 g/mol. The second-order valence-electron chi connectivity index (χ2n) is 6.37. The van der Waals surface area contributed by atoms with Crippen LogP contribution in [0.3, 0.4) is 0 Å². The summed E-state index contributed by atoms with van der Waals surface area (Å²) < 4.78 is 0. The van der Waals surface area contributed by atoms with E-state index in [4.69, 9.17) is 5.73 Å². The van der Waals surface area contributed by atoms with Crippen molar-refractivity contribution in [2.24, 2.45) is 11.1 Å². The Balaban J connectivity index is 4.92. The predicted octanol–water partition coefficient (Wildman–Crippen LogP) is 0.100. The number of nitrogens with two attached hydrogens (primary N) is 1. The fraction of sp³-hybridized carbons (Fsp3) is 0.733. The minimum Gasteiger partial charge on any atom is -0.343 e. The minimum absolute atomic E-state index is 0.104. The van der Waals surface area contributed by atoms with E-state index in [2.05, 4.69) is 10.6 Å². The Morgan fingerprint density at radius 2 is 1.90 bits per heavy atom. The minimum atomic E-state index is -0.560. The molecule has 6 nitrogen and oxygen atoms in total. The van der Waals surface area contributed by atoms with Crippen LogP contribution in [0.4, 0.5) is 0 Å². The third-order valence-corrected chi connectivity index (χ3v) is 3.17. The molecule has 0 bridgehead atoms. The Bertz CT molecular complexity index is 386. The lowest BCUT2D eigenvalue weighted by molar-refractivity contribution is -0.137. The highest BCUT2D eigenvalue weighted by Crippen LogP contribution is 2.21. The van der Waals surface area contributed by atoms with Crippen molar-refractivity contribution < 1.29 is 9.59 Å². The van der Waals surface area contributed by atoms with Crippen LogP contribution in [-0.2, 0) is 9.59 Å². The van der Waals surface area contributed by atoms with Crippen molar-refractivity contribution in [3.05, 3.63) is 11.6 Å². The molecular weight excluding hydrogens is 268 g/mol. The van der Waals surface area contributed by atoms with E-state index < -0.39 is 6.04 Å². The number of nitrogens with one attached hydrogen (secondary N) is 2. The molecule has 0 radical (unpaired) electrons. The molecule has 0 fully saturated rings. The summed E-state index contributed by atoms with van der Waals surface area (Å²) in [5.41, 5.74) is 6.20. The maximum absolute atomic E-state index is 12.6. The third-order valence-electron chi connectivity index (χ3n) is 3.17. The van der Waals surface area contributed by atoms with E-state index in [-0.39, 0.29) is 23.8 Å². The molecule has 4 N–H and O–H groups in total. The van der Waals surface area contributed by atoms with Gasteiger partial charge in [0.25, 0.3) is 0 Å². The van der Waals surface area contributed by atoms with Crippen LogP contribution in [0.2, 0.25) is 0 Å². The average molecular weight is 298 g/mol. The van der Waals surface area contributed by atoms with Gasteiger partial charge in [-0.3, -0.25) is 9.59 Å². The highest BCUT2D eigenvalue weighted by Gasteiger charge is 2.34. The third kappa shape index (κ3) is 7.24. The van der Waals surface area contributed by atoms with Crippen molar-refractivity contribution in [2.75, 3.05) is 33.7 Å².